The second-order valence-electron chi connectivity index (χ2n) is 15.1. The number of unbranched alkanes of at least 4 members (excludes halogenated alkanes) is 11. The lowest BCUT2D eigenvalue weighted by Crippen LogP contribution is -2.59. The van der Waals surface area contributed by atoms with Gasteiger partial charge in [-0.05, 0) is 77.0 Å². The Kier molecular flexibility index (Phi) is 35.7. The molecular formula is C49H80O10. The number of rotatable bonds is 36. The molecule has 2 unspecified atom stereocenters. The smallest absolute Gasteiger partial charge is 0.306 e. The van der Waals surface area contributed by atoms with Crippen LogP contribution in [0.25, 0.3) is 0 Å². The summed E-state index contributed by atoms with van der Waals surface area (Å²) in [5, 5.41) is 40.1. The van der Waals surface area contributed by atoms with Crippen molar-refractivity contribution in [1.29, 1.82) is 0 Å². The molecule has 0 aliphatic carbocycles. The molecule has 1 aliphatic heterocycles. The Morgan fingerprint density at radius 1 is 0.542 bits per heavy atom. The Balaban J connectivity index is 2.40. The second kappa shape index (κ2) is 39.0. The van der Waals surface area contributed by atoms with Gasteiger partial charge in [0.25, 0.3) is 0 Å². The maximum atomic E-state index is 12.7. The minimum Gasteiger partial charge on any atom is -0.462 e. The quantitative estimate of drug-likeness (QED) is 0.0273. The van der Waals surface area contributed by atoms with Crippen molar-refractivity contribution < 1.29 is 49.0 Å². The van der Waals surface area contributed by atoms with E-state index in [1.165, 1.54) is 51.4 Å². The summed E-state index contributed by atoms with van der Waals surface area (Å²) in [6, 6.07) is 0. The summed E-state index contributed by atoms with van der Waals surface area (Å²) < 4.78 is 22.1. The molecule has 1 saturated heterocycles. The van der Waals surface area contributed by atoms with Crippen molar-refractivity contribution in [3.63, 3.8) is 0 Å². The van der Waals surface area contributed by atoms with Crippen LogP contribution in [0.1, 0.15) is 155 Å². The van der Waals surface area contributed by atoms with Gasteiger partial charge in [0, 0.05) is 12.8 Å². The van der Waals surface area contributed by atoms with E-state index in [9.17, 15) is 30.0 Å². The van der Waals surface area contributed by atoms with Crippen molar-refractivity contribution in [3.8, 4) is 0 Å². The number of esters is 2. The van der Waals surface area contributed by atoms with Gasteiger partial charge in [0.05, 0.1) is 13.2 Å². The summed E-state index contributed by atoms with van der Waals surface area (Å²) in [4.78, 5) is 25.3. The first kappa shape index (κ1) is 53.9. The molecule has 10 nitrogen and oxygen atoms in total. The zero-order chi connectivity index (χ0) is 43.0. The van der Waals surface area contributed by atoms with Gasteiger partial charge in [-0.1, -0.05) is 150 Å². The van der Waals surface area contributed by atoms with Crippen LogP contribution in [0.15, 0.2) is 85.1 Å². The Hall–Kier alpha value is -3.12. The number of carbonyl (C=O) groups excluding carboxylic acids is 2. The highest BCUT2D eigenvalue weighted by Crippen LogP contribution is 2.22. The molecule has 1 rings (SSSR count). The average molecular weight is 829 g/mol. The van der Waals surface area contributed by atoms with Crippen LogP contribution >= 0.6 is 0 Å². The van der Waals surface area contributed by atoms with Gasteiger partial charge >= 0.3 is 11.9 Å². The highest BCUT2D eigenvalue weighted by Gasteiger charge is 2.44. The van der Waals surface area contributed by atoms with Crippen LogP contribution in [0, 0.1) is 0 Å². The molecule has 0 spiro atoms. The third-order valence-electron chi connectivity index (χ3n) is 9.78. The van der Waals surface area contributed by atoms with Gasteiger partial charge in [-0.2, -0.15) is 0 Å². The van der Waals surface area contributed by atoms with E-state index < -0.39 is 55.4 Å². The lowest BCUT2D eigenvalue weighted by atomic mass is 9.99. The summed E-state index contributed by atoms with van der Waals surface area (Å²) >= 11 is 0. The standard InChI is InChI=1S/C49H80O10/c1-3-5-7-9-11-13-15-17-19-20-21-22-24-26-28-30-32-34-36-38-45(52)58-42(41-57-49-48(55)47(54)46(53)43(39-50)59-49)40-56-44(51)37-35-33-31-29-27-25-23-18-16-14-12-10-8-6-4-2/h5,7,11,13-14,16-17,19,21-22,26,28,32,34,42-43,46-50,53-55H,3-4,6,8-10,12,15,18,20,23-25,27,29-31,33,35-41H2,1-2H3/b7-5+,13-11+,16-14+,19-17+,22-21+,28-26+,34-32+/t42-,43-,46+,47?,48?,49-/m1/s1. The third-order valence-corrected chi connectivity index (χ3v) is 9.78. The van der Waals surface area contributed by atoms with E-state index >= 15 is 0 Å². The second-order valence-corrected chi connectivity index (χ2v) is 15.1. The summed E-state index contributed by atoms with van der Waals surface area (Å²) in [7, 11) is 0. The van der Waals surface area contributed by atoms with Gasteiger partial charge < -0.3 is 39.4 Å². The largest absolute Gasteiger partial charge is 0.462 e. The van der Waals surface area contributed by atoms with E-state index in [2.05, 4.69) is 86.8 Å². The first-order chi connectivity index (χ1) is 28.8. The highest BCUT2D eigenvalue weighted by atomic mass is 16.7. The predicted molar refractivity (Wildman–Crippen MR) is 237 cm³/mol. The molecule has 0 bridgehead atoms. The molecule has 0 aromatic heterocycles. The van der Waals surface area contributed by atoms with Crippen molar-refractivity contribution in [2.24, 2.45) is 0 Å². The predicted octanol–water partition coefficient (Wildman–Crippen LogP) is 9.77. The molecule has 0 saturated carbocycles. The number of aliphatic hydroxyl groups is 4. The van der Waals surface area contributed by atoms with Crippen LogP contribution in [0.5, 0.6) is 0 Å². The van der Waals surface area contributed by atoms with Crippen LogP contribution in [-0.2, 0) is 28.5 Å². The fraction of sp³-hybridized carbons (Fsp3) is 0.673. The molecular weight excluding hydrogens is 749 g/mol. The molecule has 0 amide bonds. The molecule has 1 aliphatic rings. The number of ether oxygens (including phenoxy) is 4. The summed E-state index contributed by atoms with van der Waals surface area (Å²) in [5.41, 5.74) is 0. The minimum atomic E-state index is -1.61. The van der Waals surface area contributed by atoms with Crippen LogP contribution in [0.3, 0.4) is 0 Å². The number of aliphatic hydroxyl groups excluding tert-OH is 4. The van der Waals surface area contributed by atoms with E-state index in [1.807, 2.05) is 12.2 Å². The molecule has 59 heavy (non-hydrogen) atoms. The zero-order valence-electron chi connectivity index (χ0n) is 36.5. The first-order valence-electron chi connectivity index (χ1n) is 22.7. The zero-order valence-corrected chi connectivity index (χ0v) is 36.5. The lowest BCUT2D eigenvalue weighted by molar-refractivity contribution is -0.305. The van der Waals surface area contributed by atoms with Crippen molar-refractivity contribution in [2.45, 2.75) is 192 Å². The number of allylic oxidation sites excluding steroid dienone is 14. The number of hydrogen-bond donors (Lipinski definition) is 4. The molecule has 0 aromatic carbocycles. The van der Waals surface area contributed by atoms with Crippen LogP contribution in [0.4, 0.5) is 0 Å². The van der Waals surface area contributed by atoms with Crippen LogP contribution in [0.2, 0.25) is 0 Å². The molecule has 0 radical (unpaired) electrons. The van der Waals surface area contributed by atoms with Gasteiger partial charge in [0.2, 0.25) is 0 Å². The Bertz CT molecular complexity index is 1230. The number of hydrogen-bond acceptors (Lipinski definition) is 10. The highest BCUT2D eigenvalue weighted by molar-refractivity contribution is 5.70. The van der Waals surface area contributed by atoms with Gasteiger partial charge in [0.15, 0.2) is 12.4 Å². The van der Waals surface area contributed by atoms with Gasteiger partial charge in [-0.15, -0.1) is 0 Å². The SMILES string of the molecule is CC/C=C/C/C=C/C/C=C/C/C=C/C/C=C/C/C=C/CCC(=O)O[C@H](COC(=O)CCCCCCCCC/C=C/CCCCCC)CO[C@@H]1O[C@H](CO)[C@H](O)C(O)C1O. The fourth-order valence-corrected chi connectivity index (χ4v) is 6.21. The maximum absolute atomic E-state index is 12.7. The van der Waals surface area contributed by atoms with Gasteiger partial charge in [0.1, 0.15) is 31.0 Å². The van der Waals surface area contributed by atoms with Gasteiger partial charge in [-0.3, -0.25) is 9.59 Å². The van der Waals surface area contributed by atoms with Crippen molar-refractivity contribution in [2.75, 3.05) is 19.8 Å². The van der Waals surface area contributed by atoms with Crippen molar-refractivity contribution in [1.82, 2.24) is 0 Å². The van der Waals surface area contributed by atoms with E-state index in [0.29, 0.717) is 12.8 Å². The third kappa shape index (κ3) is 30.5. The Labute approximate surface area is 356 Å². The monoisotopic (exact) mass is 829 g/mol. The summed E-state index contributed by atoms with van der Waals surface area (Å²) in [6.45, 7) is 3.20. The summed E-state index contributed by atoms with van der Waals surface area (Å²) in [6.07, 6.45) is 43.1. The molecule has 0 aromatic rings. The Morgan fingerprint density at radius 2 is 1.03 bits per heavy atom. The minimum absolute atomic E-state index is 0.0997. The average Bonchev–Trinajstić information content (AvgIpc) is 3.23. The topological polar surface area (TPSA) is 152 Å². The van der Waals surface area contributed by atoms with E-state index in [0.717, 1.165) is 64.2 Å². The van der Waals surface area contributed by atoms with E-state index in [1.54, 1.807) is 0 Å². The summed E-state index contributed by atoms with van der Waals surface area (Å²) in [5.74, 6) is -0.917. The fourth-order valence-electron chi connectivity index (χ4n) is 6.21. The Morgan fingerprint density at radius 3 is 1.58 bits per heavy atom. The molecule has 1 heterocycles. The normalized spacial score (nSPS) is 20.8. The molecule has 6 atom stereocenters. The number of carbonyl (C=O) groups is 2. The molecule has 4 N–H and O–H groups in total. The van der Waals surface area contributed by atoms with Crippen molar-refractivity contribution in [3.05, 3.63) is 85.1 Å². The van der Waals surface area contributed by atoms with Crippen LogP contribution in [-0.4, -0.2) is 89.0 Å². The first-order valence-corrected chi connectivity index (χ1v) is 22.7. The molecule has 1 fully saturated rings. The molecule has 336 valence electrons. The maximum Gasteiger partial charge on any atom is 0.306 e. The van der Waals surface area contributed by atoms with E-state index in [4.69, 9.17) is 18.9 Å². The van der Waals surface area contributed by atoms with Crippen LogP contribution < -0.4 is 0 Å². The van der Waals surface area contributed by atoms with Crippen molar-refractivity contribution >= 4 is 11.9 Å². The van der Waals surface area contributed by atoms with Gasteiger partial charge in [-0.25, -0.2) is 0 Å². The van der Waals surface area contributed by atoms with E-state index in [-0.39, 0.29) is 26.1 Å². The molecule has 10 heteroatoms. The lowest BCUT2D eigenvalue weighted by Gasteiger charge is -2.39.